The van der Waals surface area contributed by atoms with Crippen molar-refractivity contribution in [2.75, 3.05) is 0 Å². The number of halogens is 1. The van der Waals surface area contributed by atoms with Gasteiger partial charge in [0, 0.05) is 10.0 Å². The van der Waals surface area contributed by atoms with Gasteiger partial charge in [-0.3, -0.25) is 0 Å². The maximum atomic E-state index is 8.76. The summed E-state index contributed by atoms with van der Waals surface area (Å²) in [5.41, 5.74) is 0.351. The third-order valence-electron chi connectivity index (χ3n) is 1.64. The van der Waals surface area contributed by atoms with Gasteiger partial charge < -0.3 is 0 Å². The highest BCUT2D eigenvalue weighted by Gasteiger charge is 2.10. The molecule has 0 saturated heterocycles. The molecule has 0 unspecified atom stereocenters. The largest absolute Gasteiger partial charge is 0.197 e. The molecule has 0 aliphatic heterocycles. The van der Waals surface area contributed by atoms with E-state index in [1.165, 1.54) is 0 Å². The molecule has 0 saturated carbocycles. The molecular weight excluding hydrogens is 238 g/mol. The van der Waals surface area contributed by atoms with Crippen molar-refractivity contribution < 1.29 is 0 Å². The molecule has 1 nitrogen and oxygen atoms in total. The summed E-state index contributed by atoms with van der Waals surface area (Å²) in [5.74, 6) is 5.89. The molecule has 0 spiro atoms. The van der Waals surface area contributed by atoms with Crippen LogP contribution in [0, 0.1) is 28.6 Å². The molecule has 0 aliphatic rings. The normalized spacial score (nSPS) is 9.86. The zero-order valence-electron chi connectivity index (χ0n) is 8.13. The fourth-order valence-corrected chi connectivity index (χ4v) is 1.05. The van der Waals surface area contributed by atoms with Crippen LogP contribution in [-0.4, -0.2) is 0 Å². The Morgan fingerprint density at radius 3 is 2.29 bits per heavy atom. The van der Waals surface area contributed by atoms with Gasteiger partial charge in [0.25, 0.3) is 0 Å². The number of hydrogen-bond donors (Lipinski definition) is 0. The van der Waals surface area contributed by atoms with Gasteiger partial charge in [0.2, 0.25) is 0 Å². The third kappa shape index (κ3) is 3.24. The molecule has 14 heavy (non-hydrogen) atoms. The van der Waals surface area contributed by atoms with Gasteiger partial charge in [-0.2, -0.15) is 5.26 Å². The molecule has 0 fully saturated rings. The summed E-state index contributed by atoms with van der Waals surface area (Å²) in [7, 11) is 0. The Bertz CT molecular complexity index is 412. The lowest BCUT2D eigenvalue weighted by molar-refractivity contribution is 0.674. The lowest BCUT2D eigenvalue weighted by atomic mass is 9.96. The summed E-state index contributed by atoms with van der Waals surface area (Å²) in [6.07, 6.45) is 0. The second-order valence-electron chi connectivity index (χ2n) is 3.49. The van der Waals surface area contributed by atoms with E-state index in [-0.39, 0.29) is 0 Å². The van der Waals surface area contributed by atoms with E-state index in [1.807, 2.05) is 24.3 Å². The van der Waals surface area contributed by atoms with Crippen molar-refractivity contribution >= 4 is 15.9 Å². The topological polar surface area (TPSA) is 23.8 Å². The van der Waals surface area contributed by atoms with Gasteiger partial charge in [-0.05, 0) is 38.1 Å². The molecule has 0 radical (unpaired) electrons. The molecule has 0 N–H and O–H groups in total. The molecule has 0 heterocycles. The van der Waals surface area contributed by atoms with Gasteiger partial charge in [0.05, 0.1) is 6.07 Å². The van der Waals surface area contributed by atoms with E-state index in [9.17, 15) is 0 Å². The van der Waals surface area contributed by atoms with E-state index in [1.54, 1.807) is 13.8 Å². The third-order valence-corrected chi connectivity index (χ3v) is 2.17. The predicted octanol–water partition coefficient (Wildman–Crippen LogP) is 3.35. The first kappa shape index (κ1) is 10.8. The van der Waals surface area contributed by atoms with Crippen molar-refractivity contribution in [2.45, 2.75) is 13.8 Å². The molecular formula is C12H10BrN. The molecule has 2 heteroatoms. The Balaban J connectivity index is 2.90. The molecule has 1 aromatic carbocycles. The summed E-state index contributed by atoms with van der Waals surface area (Å²) in [6, 6.07) is 9.85. The first-order valence-corrected chi connectivity index (χ1v) is 5.03. The van der Waals surface area contributed by atoms with Crippen LogP contribution in [-0.2, 0) is 0 Å². The highest BCUT2D eigenvalue weighted by atomic mass is 79.9. The van der Waals surface area contributed by atoms with E-state index in [0.717, 1.165) is 10.0 Å². The minimum atomic E-state index is -0.576. The molecule has 70 valence electrons. The predicted molar refractivity (Wildman–Crippen MR) is 60.4 cm³/mol. The van der Waals surface area contributed by atoms with Gasteiger partial charge >= 0.3 is 0 Å². The van der Waals surface area contributed by atoms with Crippen LogP contribution in [0.1, 0.15) is 19.4 Å². The van der Waals surface area contributed by atoms with E-state index < -0.39 is 5.41 Å². The monoisotopic (exact) mass is 247 g/mol. The maximum Gasteiger partial charge on any atom is 0.112 e. The summed E-state index contributed by atoms with van der Waals surface area (Å²) in [5, 5.41) is 8.76. The Morgan fingerprint density at radius 2 is 1.79 bits per heavy atom. The van der Waals surface area contributed by atoms with Crippen molar-refractivity contribution in [2.24, 2.45) is 5.41 Å². The lowest BCUT2D eigenvalue weighted by Crippen LogP contribution is -2.02. The molecule has 1 rings (SSSR count). The zero-order chi connectivity index (χ0) is 10.6. The van der Waals surface area contributed by atoms with Crippen LogP contribution in [0.15, 0.2) is 28.7 Å². The molecule has 0 amide bonds. The molecule has 0 aromatic heterocycles. The number of hydrogen-bond acceptors (Lipinski definition) is 1. The van der Waals surface area contributed by atoms with Crippen LogP contribution in [0.25, 0.3) is 0 Å². The SMILES string of the molecule is CC(C)(C#N)C#Cc1ccc(Br)cc1. The molecule has 0 aliphatic carbocycles. The van der Waals surface area contributed by atoms with Gasteiger partial charge in [-0.15, -0.1) is 0 Å². The van der Waals surface area contributed by atoms with E-state index in [2.05, 4.69) is 33.8 Å². The highest BCUT2D eigenvalue weighted by molar-refractivity contribution is 9.10. The second-order valence-corrected chi connectivity index (χ2v) is 4.41. The first-order valence-electron chi connectivity index (χ1n) is 4.23. The summed E-state index contributed by atoms with van der Waals surface area (Å²) >= 11 is 3.35. The van der Waals surface area contributed by atoms with Crippen molar-refractivity contribution in [3.63, 3.8) is 0 Å². The minimum Gasteiger partial charge on any atom is -0.197 e. The van der Waals surface area contributed by atoms with Gasteiger partial charge in [0.15, 0.2) is 0 Å². The Kier molecular flexibility index (Phi) is 3.33. The smallest absolute Gasteiger partial charge is 0.112 e. The van der Waals surface area contributed by atoms with Crippen LogP contribution in [0.5, 0.6) is 0 Å². The number of nitriles is 1. The molecule has 0 atom stereocenters. The first-order chi connectivity index (χ1) is 6.53. The quantitative estimate of drug-likeness (QED) is 0.646. The van der Waals surface area contributed by atoms with E-state index in [4.69, 9.17) is 5.26 Å². The van der Waals surface area contributed by atoms with Crippen molar-refractivity contribution in [3.05, 3.63) is 34.3 Å². The average molecular weight is 248 g/mol. The van der Waals surface area contributed by atoms with Crippen LogP contribution in [0.4, 0.5) is 0 Å². The summed E-state index contributed by atoms with van der Waals surface area (Å²) in [6.45, 7) is 3.61. The lowest BCUT2D eigenvalue weighted by Gasteiger charge is -2.02. The number of rotatable bonds is 0. The average Bonchev–Trinajstić information content (AvgIpc) is 2.17. The van der Waals surface area contributed by atoms with Crippen LogP contribution >= 0.6 is 15.9 Å². The van der Waals surface area contributed by atoms with Crippen molar-refractivity contribution in [3.8, 4) is 17.9 Å². The minimum absolute atomic E-state index is 0.576. The molecule has 1 aromatic rings. The van der Waals surface area contributed by atoms with Gasteiger partial charge in [-0.25, -0.2) is 0 Å². The standard InChI is InChI=1S/C12H10BrN/c1-12(2,9-14)8-7-10-3-5-11(13)6-4-10/h3-6H,1-2H3. The Morgan fingerprint density at radius 1 is 1.21 bits per heavy atom. The van der Waals surface area contributed by atoms with Gasteiger partial charge in [0.1, 0.15) is 5.41 Å². The van der Waals surface area contributed by atoms with Crippen LogP contribution < -0.4 is 0 Å². The zero-order valence-corrected chi connectivity index (χ0v) is 9.72. The van der Waals surface area contributed by atoms with Crippen LogP contribution in [0.3, 0.4) is 0 Å². The summed E-state index contributed by atoms with van der Waals surface area (Å²) < 4.78 is 1.03. The maximum absolute atomic E-state index is 8.76. The Hall–Kier alpha value is -1.25. The number of nitrogens with zero attached hydrogens (tertiary/aromatic N) is 1. The van der Waals surface area contributed by atoms with E-state index >= 15 is 0 Å². The fourth-order valence-electron chi connectivity index (χ4n) is 0.790. The highest BCUT2D eigenvalue weighted by Crippen LogP contribution is 2.12. The summed E-state index contributed by atoms with van der Waals surface area (Å²) in [4.78, 5) is 0. The van der Waals surface area contributed by atoms with Crippen molar-refractivity contribution in [1.82, 2.24) is 0 Å². The van der Waals surface area contributed by atoms with Crippen LogP contribution in [0.2, 0.25) is 0 Å². The fraction of sp³-hybridized carbons (Fsp3) is 0.250. The van der Waals surface area contributed by atoms with E-state index in [0.29, 0.717) is 0 Å². The van der Waals surface area contributed by atoms with Crippen molar-refractivity contribution in [1.29, 1.82) is 5.26 Å². The second kappa shape index (κ2) is 4.31. The number of benzene rings is 1. The Labute approximate surface area is 92.9 Å². The molecule has 0 bridgehead atoms. The van der Waals surface area contributed by atoms with Gasteiger partial charge in [-0.1, -0.05) is 27.8 Å².